The van der Waals surface area contributed by atoms with E-state index in [0.29, 0.717) is 0 Å². The predicted octanol–water partition coefficient (Wildman–Crippen LogP) is 3.31. The molecule has 0 aliphatic rings. The van der Waals surface area contributed by atoms with Gasteiger partial charge in [0.2, 0.25) is 0 Å². The first-order valence-corrected chi connectivity index (χ1v) is 6.52. The van der Waals surface area contributed by atoms with Crippen molar-refractivity contribution in [3.05, 3.63) is 29.0 Å². The number of nitrogens with one attached hydrogen (secondary N) is 1. The molecule has 0 spiro atoms. The number of aryl methyl sites for hydroxylation is 2. The summed E-state index contributed by atoms with van der Waals surface area (Å²) in [7, 11) is 1.68. The Kier molecular flexibility index (Phi) is 2.56. The van der Waals surface area contributed by atoms with E-state index < -0.39 is 0 Å². The van der Waals surface area contributed by atoms with Gasteiger partial charge in [-0.15, -0.1) is 11.3 Å². The lowest BCUT2D eigenvalue weighted by Crippen LogP contribution is -1.88. The number of H-pyrrole nitrogens is 1. The average Bonchev–Trinajstić information content (AvgIpc) is 2.95. The number of methoxy groups -OCH3 is 1. The Morgan fingerprint density at radius 3 is 2.78 bits per heavy atom. The Morgan fingerprint density at radius 2 is 2.11 bits per heavy atom. The first-order chi connectivity index (χ1) is 8.70. The van der Waals surface area contributed by atoms with Crippen LogP contribution < -0.4 is 4.74 Å². The fourth-order valence-electron chi connectivity index (χ4n) is 2.20. The number of fused-ring (bicyclic) bond motifs is 1. The van der Waals surface area contributed by atoms with Gasteiger partial charge in [-0.25, -0.2) is 4.98 Å². The van der Waals surface area contributed by atoms with E-state index in [1.54, 1.807) is 18.4 Å². The molecule has 0 saturated heterocycles. The van der Waals surface area contributed by atoms with Crippen LogP contribution in [-0.4, -0.2) is 22.3 Å². The number of thiazole rings is 1. The van der Waals surface area contributed by atoms with Crippen LogP contribution in [0.15, 0.2) is 17.6 Å². The number of aromatic amines is 1. The molecule has 0 amide bonds. The van der Waals surface area contributed by atoms with Crippen LogP contribution in [0.3, 0.4) is 0 Å². The summed E-state index contributed by atoms with van der Waals surface area (Å²) in [4.78, 5) is 4.45. The summed E-state index contributed by atoms with van der Waals surface area (Å²) in [5.74, 6) is 0.849. The Balaban J connectivity index is 2.37. The van der Waals surface area contributed by atoms with Crippen molar-refractivity contribution in [1.82, 2.24) is 15.2 Å². The molecule has 0 unspecified atom stereocenters. The minimum absolute atomic E-state index is 0.849. The van der Waals surface area contributed by atoms with E-state index in [-0.39, 0.29) is 0 Å². The van der Waals surface area contributed by atoms with Gasteiger partial charge in [-0.2, -0.15) is 5.10 Å². The molecule has 0 saturated carbocycles. The summed E-state index contributed by atoms with van der Waals surface area (Å²) in [5, 5.41) is 7.26. The lowest BCUT2D eigenvalue weighted by Gasteiger charge is -2.06. The average molecular weight is 259 g/mol. The number of benzene rings is 1. The SMILES string of the molecule is COc1cc(-c2c(C)n[nH]c2C)c2ncsc2c1. The molecule has 0 bridgehead atoms. The van der Waals surface area contributed by atoms with Gasteiger partial charge in [-0.3, -0.25) is 5.10 Å². The lowest BCUT2D eigenvalue weighted by atomic mass is 10.0. The molecule has 18 heavy (non-hydrogen) atoms. The molecule has 5 heteroatoms. The standard InChI is InChI=1S/C13H13N3OS/c1-7-12(8(2)16-15-7)10-4-9(17-3)5-11-13(10)14-6-18-11/h4-6H,1-3H3,(H,15,16). The van der Waals surface area contributed by atoms with Crippen LogP contribution in [0.2, 0.25) is 0 Å². The lowest BCUT2D eigenvalue weighted by molar-refractivity contribution is 0.415. The molecule has 3 aromatic rings. The molecule has 2 aromatic heterocycles. The molecule has 0 fully saturated rings. The second-order valence-corrected chi connectivity index (χ2v) is 5.07. The molecule has 2 heterocycles. The zero-order valence-corrected chi connectivity index (χ0v) is 11.3. The van der Waals surface area contributed by atoms with Crippen molar-refractivity contribution in [2.75, 3.05) is 7.11 Å². The van der Waals surface area contributed by atoms with Gasteiger partial charge in [0, 0.05) is 16.8 Å². The van der Waals surface area contributed by atoms with E-state index in [9.17, 15) is 0 Å². The van der Waals surface area contributed by atoms with Crippen LogP contribution in [0.4, 0.5) is 0 Å². The van der Waals surface area contributed by atoms with E-state index in [4.69, 9.17) is 4.74 Å². The molecule has 92 valence electrons. The predicted molar refractivity (Wildman–Crippen MR) is 73.2 cm³/mol. The Labute approximate surface area is 109 Å². The van der Waals surface area contributed by atoms with E-state index in [0.717, 1.165) is 38.5 Å². The maximum Gasteiger partial charge on any atom is 0.121 e. The summed E-state index contributed by atoms with van der Waals surface area (Å²) in [5.41, 5.74) is 7.09. The fourth-order valence-corrected chi connectivity index (χ4v) is 2.93. The summed E-state index contributed by atoms with van der Waals surface area (Å²) < 4.78 is 6.49. The summed E-state index contributed by atoms with van der Waals surface area (Å²) in [6.45, 7) is 4.02. The van der Waals surface area contributed by atoms with Gasteiger partial charge in [0.1, 0.15) is 5.75 Å². The Morgan fingerprint density at radius 1 is 1.28 bits per heavy atom. The first-order valence-electron chi connectivity index (χ1n) is 5.64. The highest BCUT2D eigenvalue weighted by atomic mass is 32.1. The summed E-state index contributed by atoms with van der Waals surface area (Å²) >= 11 is 1.62. The summed E-state index contributed by atoms with van der Waals surface area (Å²) in [6, 6.07) is 4.04. The van der Waals surface area contributed by atoms with Gasteiger partial charge >= 0.3 is 0 Å². The van der Waals surface area contributed by atoms with Crippen molar-refractivity contribution in [3.8, 4) is 16.9 Å². The summed E-state index contributed by atoms with van der Waals surface area (Å²) in [6.07, 6.45) is 0. The van der Waals surface area contributed by atoms with E-state index in [1.807, 2.05) is 31.5 Å². The highest BCUT2D eigenvalue weighted by Crippen LogP contribution is 2.36. The molecule has 1 aromatic carbocycles. The van der Waals surface area contributed by atoms with Crippen molar-refractivity contribution in [3.63, 3.8) is 0 Å². The van der Waals surface area contributed by atoms with Gasteiger partial charge in [0.15, 0.2) is 0 Å². The van der Waals surface area contributed by atoms with Crippen molar-refractivity contribution in [2.24, 2.45) is 0 Å². The zero-order valence-electron chi connectivity index (χ0n) is 10.4. The maximum absolute atomic E-state index is 5.36. The molecule has 0 aliphatic carbocycles. The topological polar surface area (TPSA) is 50.8 Å². The molecule has 4 nitrogen and oxygen atoms in total. The molecule has 0 atom stereocenters. The van der Waals surface area contributed by atoms with Crippen molar-refractivity contribution >= 4 is 21.6 Å². The Hall–Kier alpha value is -1.88. The largest absolute Gasteiger partial charge is 0.497 e. The number of rotatable bonds is 2. The number of ether oxygens (including phenoxy) is 1. The van der Waals surface area contributed by atoms with Crippen molar-refractivity contribution < 1.29 is 4.74 Å². The molecular weight excluding hydrogens is 246 g/mol. The van der Waals surface area contributed by atoms with Gasteiger partial charge < -0.3 is 4.74 Å². The Bertz CT molecular complexity index is 695. The van der Waals surface area contributed by atoms with Crippen LogP contribution in [0, 0.1) is 13.8 Å². The highest BCUT2D eigenvalue weighted by Gasteiger charge is 2.15. The van der Waals surface area contributed by atoms with E-state index in [1.165, 1.54) is 0 Å². The number of aromatic nitrogens is 3. The van der Waals surface area contributed by atoms with Crippen molar-refractivity contribution in [1.29, 1.82) is 0 Å². The van der Waals surface area contributed by atoms with Crippen LogP contribution >= 0.6 is 11.3 Å². The molecule has 0 aliphatic heterocycles. The van der Waals surface area contributed by atoms with Crippen LogP contribution in [0.5, 0.6) is 5.75 Å². The smallest absolute Gasteiger partial charge is 0.121 e. The fraction of sp³-hybridized carbons (Fsp3) is 0.231. The minimum Gasteiger partial charge on any atom is -0.497 e. The third kappa shape index (κ3) is 1.59. The second-order valence-electron chi connectivity index (χ2n) is 4.18. The quantitative estimate of drug-likeness (QED) is 0.768. The monoisotopic (exact) mass is 259 g/mol. The third-order valence-corrected chi connectivity index (χ3v) is 3.82. The van der Waals surface area contributed by atoms with E-state index >= 15 is 0 Å². The first kappa shape index (κ1) is 11.2. The number of hydrogen-bond acceptors (Lipinski definition) is 4. The minimum atomic E-state index is 0.849. The van der Waals surface area contributed by atoms with Gasteiger partial charge in [-0.05, 0) is 26.0 Å². The van der Waals surface area contributed by atoms with Crippen molar-refractivity contribution in [2.45, 2.75) is 13.8 Å². The normalized spacial score (nSPS) is 11.1. The van der Waals surface area contributed by atoms with Gasteiger partial charge in [-0.1, -0.05) is 0 Å². The van der Waals surface area contributed by atoms with Crippen LogP contribution in [0.25, 0.3) is 21.3 Å². The molecular formula is C13H13N3OS. The second kappa shape index (κ2) is 4.10. The van der Waals surface area contributed by atoms with Gasteiger partial charge in [0.25, 0.3) is 0 Å². The molecule has 0 radical (unpaired) electrons. The third-order valence-electron chi connectivity index (χ3n) is 3.04. The molecule has 3 rings (SSSR count). The van der Waals surface area contributed by atoms with Crippen LogP contribution in [0.1, 0.15) is 11.4 Å². The van der Waals surface area contributed by atoms with Gasteiger partial charge in [0.05, 0.1) is 28.5 Å². The zero-order chi connectivity index (χ0) is 12.7. The molecule has 1 N–H and O–H groups in total. The number of nitrogens with zero attached hydrogens (tertiary/aromatic N) is 2. The van der Waals surface area contributed by atoms with Crippen LogP contribution in [-0.2, 0) is 0 Å². The number of hydrogen-bond donors (Lipinski definition) is 1. The maximum atomic E-state index is 5.36. The highest BCUT2D eigenvalue weighted by molar-refractivity contribution is 7.16. The van der Waals surface area contributed by atoms with E-state index in [2.05, 4.69) is 15.2 Å².